The number of hydrogen-bond acceptors (Lipinski definition) is 2. The van der Waals surface area contributed by atoms with Crippen LogP contribution >= 0.6 is 0 Å². The summed E-state index contributed by atoms with van der Waals surface area (Å²) in [4.78, 5) is 0. The van der Waals surface area contributed by atoms with Gasteiger partial charge in [-0.15, -0.1) is 0 Å². The largest absolute Gasteiger partial charge is 0.381 e. The molecule has 1 unspecified atom stereocenters. The molecule has 1 atom stereocenters. The highest BCUT2D eigenvalue weighted by Crippen LogP contribution is 2.14. The maximum absolute atomic E-state index is 12.9. The normalized spacial score (nSPS) is 19.8. The third-order valence-electron chi connectivity index (χ3n) is 2.83. The maximum Gasteiger partial charge on any atom is 0.194 e. The zero-order chi connectivity index (χ0) is 12.3. The summed E-state index contributed by atoms with van der Waals surface area (Å²) in [5, 5.41) is 3.08. The van der Waals surface area contributed by atoms with Crippen molar-refractivity contribution in [3.8, 4) is 0 Å². The Morgan fingerprint density at radius 1 is 1.24 bits per heavy atom. The molecule has 0 aliphatic carbocycles. The molecule has 2 nitrogen and oxygen atoms in total. The van der Waals surface area contributed by atoms with Crippen LogP contribution in [0.5, 0.6) is 0 Å². The summed E-state index contributed by atoms with van der Waals surface area (Å²) in [5.74, 6) is -3.26. The molecule has 1 aliphatic heterocycles. The van der Waals surface area contributed by atoms with Crippen LogP contribution < -0.4 is 5.32 Å². The van der Waals surface area contributed by atoms with E-state index in [1.807, 2.05) is 0 Å². The number of hydrogen-bond donors (Lipinski definition) is 1. The van der Waals surface area contributed by atoms with Gasteiger partial charge in [-0.2, -0.15) is 0 Å². The number of rotatable bonds is 4. The third kappa shape index (κ3) is 3.20. The van der Waals surface area contributed by atoms with E-state index >= 15 is 0 Å². The molecule has 94 valence electrons. The van der Waals surface area contributed by atoms with Gasteiger partial charge in [0.15, 0.2) is 17.5 Å². The first-order valence-corrected chi connectivity index (χ1v) is 5.58. The lowest BCUT2D eigenvalue weighted by Crippen LogP contribution is -2.22. The summed E-state index contributed by atoms with van der Waals surface area (Å²) in [5.41, 5.74) is 0.403. The van der Waals surface area contributed by atoms with Gasteiger partial charge in [0, 0.05) is 19.7 Å². The van der Waals surface area contributed by atoms with Gasteiger partial charge in [0.2, 0.25) is 0 Å². The summed E-state index contributed by atoms with van der Waals surface area (Å²) in [6.07, 6.45) is 0.999. The van der Waals surface area contributed by atoms with Gasteiger partial charge in [0.1, 0.15) is 0 Å². The van der Waals surface area contributed by atoms with Gasteiger partial charge in [0.25, 0.3) is 0 Å². The molecule has 1 heterocycles. The van der Waals surface area contributed by atoms with Crippen LogP contribution in [0.15, 0.2) is 12.1 Å². The van der Waals surface area contributed by atoms with Crippen LogP contribution in [0.1, 0.15) is 12.0 Å². The number of ether oxygens (including phenoxy) is 1. The number of halogens is 3. The van der Waals surface area contributed by atoms with Gasteiger partial charge in [-0.1, -0.05) is 0 Å². The van der Waals surface area contributed by atoms with Crippen molar-refractivity contribution in [2.24, 2.45) is 5.92 Å². The molecule has 5 heteroatoms. The molecule has 2 rings (SSSR count). The van der Waals surface area contributed by atoms with Gasteiger partial charge in [0.05, 0.1) is 6.61 Å². The van der Waals surface area contributed by atoms with Crippen LogP contribution in [-0.2, 0) is 11.3 Å². The van der Waals surface area contributed by atoms with Gasteiger partial charge in [-0.25, -0.2) is 13.2 Å². The van der Waals surface area contributed by atoms with E-state index in [2.05, 4.69) is 5.32 Å². The first-order chi connectivity index (χ1) is 8.16. The van der Waals surface area contributed by atoms with Crippen molar-refractivity contribution in [1.82, 2.24) is 5.32 Å². The zero-order valence-electron chi connectivity index (χ0n) is 9.31. The van der Waals surface area contributed by atoms with Crippen molar-refractivity contribution in [3.63, 3.8) is 0 Å². The molecule has 1 aromatic carbocycles. The fourth-order valence-electron chi connectivity index (χ4n) is 1.88. The summed E-state index contributed by atoms with van der Waals surface area (Å²) >= 11 is 0. The van der Waals surface area contributed by atoms with E-state index in [1.54, 1.807) is 0 Å². The molecule has 0 bridgehead atoms. The molecule has 1 fully saturated rings. The molecular weight excluding hydrogens is 231 g/mol. The number of nitrogens with one attached hydrogen (secondary N) is 1. The van der Waals surface area contributed by atoms with E-state index in [0.29, 0.717) is 18.0 Å². The van der Waals surface area contributed by atoms with E-state index in [4.69, 9.17) is 4.74 Å². The molecule has 1 aliphatic rings. The van der Waals surface area contributed by atoms with Gasteiger partial charge < -0.3 is 10.1 Å². The zero-order valence-corrected chi connectivity index (χ0v) is 9.31. The summed E-state index contributed by atoms with van der Waals surface area (Å²) < 4.78 is 43.7. The highest BCUT2D eigenvalue weighted by molar-refractivity contribution is 5.19. The van der Waals surface area contributed by atoms with E-state index in [-0.39, 0.29) is 0 Å². The quantitative estimate of drug-likeness (QED) is 0.821. The predicted molar refractivity (Wildman–Crippen MR) is 56.9 cm³/mol. The summed E-state index contributed by atoms with van der Waals surface area (Å²) in [6.45, 7) is 2.55. The standard InChI is InChI=1S/C12H14F3NO/c13-10-3-9(4-11(14)12(10)15)6-16-5-8-1-2-17-7-8/h3-4,8,16H,1-2,5-7H2. The molecule has 1 N–H and O–H groups in total. The lowest BCUT2D eigenvalue weighted by Gasteiger charge is -2.09. The van der Waals surface area contributed by atoms with E-state index in [0.717, 1.165) is 38.3 Å². The van der Waals surface area contributed by atoms with Crippen molar-refractivity contribution in [2.75, 3.05) is 19.8 Å². The molecule has 0 radical (unpaired) electrons. The predicted octanol–water partition coefficient (Wildman–Crippen LogP) is 2.23. The Morgan fingerprint density at radius 3 is 2.53 bits per heavy atom. The fraction of sp³-hybridized carbons (Fsp3) is 0.500. The molecule has 1 saturated heterocycles. The van der Waals surface area contributed by atoms with Crippen LogP contribution in [0.3, 0.4) is 0 Å². The molecule has 0 aromatic heterocycles. The van der Waals surface area contributed by atoms with Crippen molar-refractivity contribution >= 4 is 0 Å². The molecular formula is C12H14F3NO. The topological polar surface area (TPSA) is 21.3 Å². The second-order valence-corrected chi connectivity index (χ2v) is 4.23. The van der Waals surface area contributed by atoms with Gasteiger partial charge in [-0.05, 0) is 30.0 Å². The third-order valence-corrected chi connectivity index (χ3v) is 2.83. The molecule has 0 amide bonds. The minimum atomic E-state index is -1.42. The minimum absolute atomic E-state index is 0.324. The van der Waals surface area contributed by atoms with Crippen LogP contribution in [0.2, 0.25) is 0 Å². The first kappa shape index (κ1) is 12.4. The van der Waals surface area contributed by atoms with E-state index < -0.39 is 17.5 Å². The summed E-state index contributed by atoms with van der Waals surface area (Å²) in [6, 6.07) is 2.02. The maximum atomic E-state index is 12.9. The minimum Gasteiger partial charge on any atom is -0.381 e. The molecule has 0 saturated carbocycles. The lowest BCUT2D eigenvalue weighted by atomic mass is 10.1. The lowest BCUT2D eigenvalue weighted by molar-refractivity contribution is 0.185. The van der Waals surface area contributed by atoms with Crippen molar-refractivity contribution in [2.45, 2.75) is 13.0 Å². The van der Waals surface area contributed by atoms with Crippen molar-refractivity contribution < 1.29 is 17.9 Å². The Kier molecular flexibility index (Phi) is 4.02. The fourth-order valence-corrected chi connectivity index (χ4v) is 1.88. The average Bonchev–Trinajstić information content (AvgIpc) is 2.79. The Hall–Kier alpha value is -1.07. The number of benzene rings is 1. The van der Waals surface area contributed by atoms with Crippen LogP contribution in [0.25, 0.3) is 0 Å². The SMILES string of the molecule is Fc1cc(CNCC2CCOC2)cc(F)c1F. The Bertz CT molecular complexity index is 368. The smallest absolute Gasteiger partial charge is 0.194 e. The highest BCUT2D eigenvalue weighted by atomic mass is 19.2. The highest BCUT2D eigenvalue weighted by Gasteiger charge is 2.15. The summed E-state index contributed by atoms with van der Waals surface area (Å²) in [7, 11) is 0. The second kappa shape index (κ2) is 5.51. The van der Waals surface area contributed by atoms with Crippen molar-refractivity contribution in [1.29, 1.82) is 0 Å². The van der Waals surface area contributed by atoms with E-state index in [1.165, 1.54) is 0 Å². The second-order valence-electron chi connectivity index (χ2n) is 4.23. The molecule has 17 heavy (non-hydrogen) atoms. The Morgan fingerprint density at radius 2 is 1.94 bits per heavy atom. The van der Waals surface area contributed by atoms with E-state index in [9.17, 15) is 13.2 Å². The molecule has 1 aromatic rings. The van der Waals surface area contributed by atoms with Crippen LogP contribution in [0, 0.1) is 23.4 Å². The van der Waals surface area contributed by atoms with Crippen LogP contribution in [-0.4, -0.2) is 19.8 Å². The first-order valence-electron chi connectivity index (χ1n) is 5.58. The Balaban J connectivity index is 1.86. The van der Waals surface area contributed by atoms with Crippen LogP contribution in [0.4, 0.5) is 13.2 Å². The monoisotopic (exact) mass is 245 g/mol. The van der Waals surface area contributed by atoms with Gasteiger partial charge >= 0.3 is 0 Å². The van der Waals surface area contributed by atoms with Crippen molar-refractivity contribution in [3.05, 3.63) is 35.1 Å². The Labute approximate surface area is 97.8 Å². The van der Waals surface area contributed by atoms with Gasteiger partial charge in [-0.3, -0.25) is 0 Å². The average molecular weight is 245 g/mol. The molecule has 0 spiro atoms.